The summed E-state index contributed by atoms with van der Waals surface area (Å²) in [7, 11) is 3.19. The Bertz CT molecular complexity index is 340. The maximum atomic E-state index is 11.1. The molecule has 0 aromatic carbocycles. The minimum Gasteiger partial charge on any atom is -0.481 e. The molecule has 4 amide bonds. The fourth-order valence-electron chi connectivity index (χ4n) is 0.960. The van der Waals surface area contributed by atoms with Crippen molar-refractivity contribution in [3.63, 3.8) is 0 Å². The Balaban J connectivity index is 3.74. The molecule has 0 radical (unpaired) electrons. The van der Waals surface area contributed by atoms with Gasteiger partial charge in [0.05, 0.1) is 6.42 Å². The topological polar surface area (TPSA) is 116 Å². The van der Waals surface area contributed by atoms with Gasteiger partial charge in [0, 0.05) is 33.5 Å². The van der Waals surface area contributed by atoms with E-state index in [4.69, 9.17) is 5.11 Å². The molecule has 0 saturated carbocycles. The number of urea groups is 1. The predicted molar refractivity (Wildman–Crippen MR) is 61.7 cm³/mol. The molecule has 0 aliphatic rings. The molecule has 3 N–H and O–H groups in total. The molecular formula is C10H17N3O5. The van der Waals surface area contributed by atoms with E-state index < -0.39 is 17.9 Å². The summed E-state index contributed by atoms with van der Waals surface area (Å²) in [5.74, 6) is -1.93. The summed E-state index contributed by atoms with van der Waals surface area (Å²) in [4.78, 5) is 44.9. The summed E-state index contributed by atoms with van der Waals surface area (Å²) >= 11 is 0. The summed E-state index contributed by atoms with van der Waals surface area (Å²) in [5, 5.41) is 12.6. The second-order valence-corrected chi connectivity index (χ2v) is 3.74. The molecule has 102 valence electrons. The second kappa shape index (κ2) is 8.04. The van der Waals surface area contributed by atoms with Gasteiger partial charge < -0.3 is 15.3 Å². The Morgan fingerprint density at radius 3 is 2.17 bits per heavy atom. The van der Waals surface area contributed by atoms with Gasteiger partial charge in [-0.05, 0) is 0 Å². The van der Waals surface area contributed by atoms with E-state index in [1.807, 2.05) is 5.32 Å². The summed E-state index contributed by atoms with van der Waals surface area (Å²) < 4.78 is 0. The Hall–Kier alpha value is -2.12. The number of hydrogen-bond acceptors (Lipinski definition) is 4. The number of aliphatic carboxylic acids is 1. The van der Waals surface area contributed by atoms with Crippen molar-refractivity contribution in [2.75, 3.05) is 20.6 Å². The highest BCUT2D eigenvalue weighted by atomic mass is 16.4. The molecule has 0 rings (SSSR count). The van der Waals surface area contributed by atoms with Crippen LogP contribution < -0.4 is 10.6 Å². The maximum Gasteiger partial charge on any atom is 0.321 e. The fraction of sp³-hybridized carbons (Fsp3) is 0.600. The van der Waals surface area contributed by atoms with Gasteiger partial charge in [0.2, 0.25) is 11.8 Å². The van der Waals surface area contributed by atoms with E-state index in [9.17, 15) is 19.2 Å². The highest BCUT2D eigenvalue weighted by Crippen LogP contribution is 1.88. The molecule has 0 aliphatic heterocycles. The van der Waals surface area contributed by atoms with E-state index in [1.54, 1.807) is 14.1 Å². The van der Waals surface area contributed by atoms with Crippen LogP contribution in [0, 0.1) is 0 Å². The zero-order chi connectivity index (χ0) is 14.1. The zero-order valence-electron chi connectivity index (χ0n) is 10.4. The molecule has 0 unspecified atom stereocenters. The van der Waals surface area contributed by atoms with Crippen molar-refractivity contribution in [1.82, 2.24) is 15.5 Å². The molecule has 0 spiro atoms. The van der Waals surface area contributed by atoms with E-state index in [1.165, 1.54) is 4.90 Å². The van der Waals surface area contributed by atoms with Gasteiger partial charge in [0.1, 0.15) is 0 Å². The van der Waals surface area contributed by atoms with E-state index in [0.29, 0.717) is 0 Å². The van der Waals surface area contributed by atoms with Crippen LogP contribution in [0.25, 0.3) is 0 Å². The number of nitrogens with one attached hydrogen (secondary N) is 2. The highest BCUT2D eigenvalue weighted by Gasteiger charge is 2.10. The standard InChI is InChI=1S/C10H17N3O5/c1-13(2)8(15)5-6-11-10(18)12-7(14)3-4-9(16)17/h3-6H2,1-2H3,(H,16,17)(H2,11,12,14,18). The molecule has 0 fully saturated rings. The maximum absolute atomic E-state index is 11.1. The average molecular weight is 259 g/mol. The van der Waals surface area contributed by atoms with Crippen molar-refractivity contribution < 1.29 is 24.3 Å². The summed E-state index contributed by atoms with van der Waals surface area (Å²) in [6.45, 7) is 0.106. The van der Waals surface area contributed by atoms with Gasteiger partial charge in [0.15, 0.2) is 0 Å². The third kappa shape index (κ3) is 8.08. The van der Waals surface area contributed by atoms with Crippen molar-refractivity contribution in [1.29, 1.82) is 0 Å². The van der Waals surface area contributed by atoms with Crippen LogP contribution in [0.2, 0.25) is 0 Å². The van der Waals surface area contributed by atoms with Crippen LogP contribution in [0.5, 0.6) is 0 Å². The van der Waals surface area contributed by atoms with Gasteiger partial charge in [-0.2, -0.15) is 0 Å². The average Bonchev–Trinajstić information content (AvgIpc) is 2.25. The molecule has 0 saturated heterocycles. The molecule has 0 aromatic rings. The van der Waals surface area contributed by atoms with Crippen LogP contribution in [0.15, 0.2) is 0 Å². The molecule has 0 heterocycles. The molecule has 0 aromatic heterocycles. The van der Waals surface area contributed by atoms with Gasteiger partial charge in [0.25, 0.3) is 0 Å². The van der Waals surface area contributed by atoms with Crippen molar-refractivity contribution in [2.45, 2.75) is 19.3 Å². The summed E-state index contributed by atoms with van der Waals surface area (Å²) in [6, 6.07) is -0.739. The summed E-state index contributed by atoms with van der Waals surface area (Å²) in [6.07, 6.45) is -0.471. The van der Waals surface area contributed by atoms with Crippen LogP contribution >= 0.6 is 0 Å². The Morgan fingerprint density at radius 2 is 1.67 bits per heavy atom. The number of rotatable bonds is 6. The number of hydrogen-bond donors (Lipinski definition) is 3. The van der Waals surface area contributed by atoms with Crippen LogP contribution in [-0.4, -0.2) is 54.5 Å². The second-order valence-electron chi connectivity index (χ2n) is 3.74. The minimum absolute atomic E-state index is 0.106. The summed E-state index contributed by atoms with van der Waals surface area (Å²) in [5.41, 5.74) is 0. The smallest absolute Gasteiger partial charge is 0.321 e. The number of amides is 4. The van der Waals surface area contributed by atoms with Crippen LogP contribution in [-0.2, 0) is 14.4 Å². The van der Waals surface area contributed by atoms with Gasteiger partial charge in [-0.15, -0.1) is 0 Å². The lowest BCUT2D eigenvalue weighted by molar-refractivity contribution is -0.138. The fourth-order valence-corrected chi connectivity index (χ4v) is 0.960. The van der Waals surface area contributed by atoms with Crippen molar-refractivity contribution in [3.05, 3.63) is 0 Å². The number of carbonyl (C=O) groups is 4. The first kappa shape index (κ1) is 15.9. The lowest BCUT2D eigenvalue weighted by Gasteiger charge is -2.10. The number of carboxylic acids is 1. The lowest BCUT2D eigenvalue weighted by Crippen LogP contribution is -2.40. The third-order valence-corrected chi connectivity index (χ3v) is 1.94. The molecule has 0 bridgehead atoms. The quantitative estimate of drug-likeness (QED) is 0.575. The van der Waals surface area contributed by atoms with Gasteiger partial charge in [-0.3, -0.25) is 19.7 Å². The van der Waals surface area contributed by atoms with Crippen molar-refractivity contribution in [2.24, 2.45) is 0 Å². The normalized spacial score (nSPS) is 9.44. The van der Waals surface area contributed by atoms with Gasteiger partial charge in [-0.1, -0.05) is 0 Å². The molecule has 18 heavy (non-hydrogen) atoms. The minimum atomic E-state index is -1.11. The SMILES string of the molecule is CN(C)C(=O)CCNC(=O)NC(=O)CCC(=O)O. The van der Waals surface area contributed by atoms with E-state index in [0.717, 1.165) is 0 Å². The Labute approximate surface area is 104 Å². The monoisotopic (exact) mass is 259 g/mol. The number of nitrogens with zero attached hydrogens (tertiary/aromatic N) is 1. The molecule has 0 aliphatic carbocycles. The Morgan fingerprint density at radius 1 is 1.06 bits per heavy atom. The highest BCUT2D eigenvalue weighted by molar-refractivity contribution is 5.95. The first-order chi connectivity index (χ1) is 8.32. The first-order valence-corrected chi connectivity index (χ1v) is 5.32. The van der Waals surface area contributed by atoms with E-state index in [-0.39, 0.29) is 31.7 Å². The van der Waals surface area contributed by atoms with Crippen LogP contribution in [0.3, 0.4) is 0 Å². The number of carboxylic acid groups (broad SMARTS) is 1. The number of carbonyl (C=O) groups excluding carboxylic acids is 3. The van der Waals surface area contributed by atoms with Gasteiger partial charge in [-0.25, -0.2) is 4.79 Å². The number of imide groups is 1. The van der Waals surface area contributed by atoms with Crippen LogP contribution in [0.1, 0.15) is 19.3 Å². The van der Waals surface area contributed by atoms with Gasteiger partial charge >= 0.3 is 12.0 Å². The van der Waals surface area contributed by atoms with E-state index >= 15 is 0 Å². The Kier molecular flexibility index (Phi) is 7.10. The molecule has 0 atom stereocenters. The zero-order valence-corrected chi connectivity index (χ0v) is 10.4. The lowest BCUT2D eigenvalue weighted by atomic mass is 10.3. The molecular weight excluding hydrogens is 242 g/mol. The molecule has 8 nitrogen and oxygen atoms in total. The first-order valence-electron chi connectivity index (χ1n) is 5.32. The van der Waals surface area contributed by atoms with Crippen molar-refractivity contribution >= 4 is 23.8 Å². The third-order valence-electron chi connectivity index (χ3n) is 1.94. The van der Waals surface area contributed by atoms with E-state index in [2.05, 4.69) is 5.32 Å². The predicted octanol–water partition coefficient (Wildman–Crippen LogP) is -0.845. The van der Waals surface area contributed by atoms with Crippen LogP contribution in [0.4, 0.5) is 4.79 Å². The van der Waals surface area contributed by atoms with Crippen molar-refractivity contribution in [3.8, 4) is 0 Å². The largest absolute Gasteiger partial charge is 0.481 e. The molecule has 8 heteroatoms.